The van der Waals surface area contributed by atoms with E-state index in [1.807, 2.05) is 4.72 Å². The minimum absolute atomic E-state index is 0.148. The number of aryl methyl sites for hydroxylation is 1. The van der Waals surface area contributed by atoms with Crippen LogP contribution >= 0.6 is 11.6 Å². The largest absolute Gasteiger partial charge is 0.278 e. The first-order valence-corrected chi connectivity index (χ1v) is 6.57. The topological polar surface area (TPSA) is 46.2 Å². The number of anilines is 1. The Morgan fingerprint density at radius 2 is 2.00 bits per heavy atom. The van der Waals surface area contributed by atoms with Gasteiger partial charge in [0.2, 0.25) is 10.0 Å². The average Bonchev–Trinajstić information content (AvgIpc) is 2.19. The van der Waals surface area contributed by atoms with Gasteiger partial charge in [0.15, 0.2) is 5.82 Å². The number of benzene rings is 1. The summed E-state index contributed by atoms with van der Waals surface area (Å²) in [6.45, 7) is 1.41. The molecule has 1 aromatic carbocycles. The molecule has 0 amide bonds. The van der Waals surface area contributed by atoms with E-state index in [-0.39, 0.29) is 11.4 Å². The molecule has 3 nitrogen and oxygen atoms in total. The van der Waals surface area contributed by atoms with E-state index in [2.05, 4.69) is 0 Å². The lowest BCUT2D eigenvalue weighted by Crippen LogP contribution is -2.19. The van der Waals surface area contributed by atoms with E-state index in [1.165, 1.54) is 13.0 Å². The smallest absolute Gasteiger partial charge is 0.234 e. The number of alkyl halides is 1. The zero-order chi connectivity index (χ0) is 12.3. The highest BCUT2D eigenvalue weighted by Crippen LogP contribution is 2.22. The Bertz CT molecular complexity index is 491. The number of hydrogen-bond acceptors (Lipinski definition) is 2. The normalized spacial score (nSPS) is 11.5. The van der Waals surface area contributed by atoms with Crippen molar-refractivity contribution in [1.82, 2.24) is 0 Å². The first-order valence-electron chi connectivity index (χ1n) is 4.38. The molecule has 16 heavy (non-hydrogen) atoms. The summed E-state index contributed by atoms with van der Waals surface area (Å²) in [7, 11) is -3.81. The summed E-state index contributed by atoms with van der Waals surface area (Å²) in [6, 6.07) is 2.22. The van der Waals surface area contributed by atoms with Gasteiger partial charge in [0.1, 0.15) is 11.5 Å². The number of sulfonamides is 1. The monoisotopic (exact) mass is 269 g/mol. The molecular weight excluding hydrogens is 260 g/mol. The Labute approximate surface area is 97.5 Å². The van der Waals surface area contributed by atoms with Crippen LogP contribution in [0.25, 0.3) is 0 Å². The quantitative estimate of drug-likeness (QED) is 0.852. The molecule has 1 rings (SSSR count). The fourth-order valence-electron chi connectivity index (χ4n) is 1.06. The van der Waals surface area contributed by atoms with Crippen molar-refractivity contribution >= 4 is 27.3 Å². The molecule has 0 aliphatic rings. The van der Waals surface area contributed by atoms with E-state index >= 15 is 0 Å². The van der Waals surface area contributed by atoms with Crippen LogP contribution in [0.1, 0.15) is 5.56 Å². The highest BCUT2D eigenvalue weighted by molar-refractivity contribution is 7.92. The second kappa shape index (κ2) is 4.97. The van der Waals surface area contributed by atoms with Crippen molar-refractivity contribution in [3.8, 4) is 0 Å². The minimum atomic E-state index is -3.81. The van der Waals surface area contributed by atoms with Crippen LogP contribution in [-0.4, -0.2) is 20.1 Å². The van der Waals surface area contributed by atoms with Crippen LogP contribution in [0.5, 0.6) is 0 Å². The van der Waals surface area contributed by atoms with E-state index in [0.717, 1.165) is 6.07 Å². The summed E-state index contributed by atoms with van der Waals surface area (Å²) in [6.07, 6.45) is 0. The molecule has 0 aliphatic carbocycles. The van der Waals surface area contributed by atoms with Gasteiger partial charge in [0.05, 0.1) is 5.75 Å². The van der Waals surface area contributed by atoms with Crippen molar-refractivity contribution in [1.29, 1.82) is 0 Å². The molecule has 7 heteroatoms. The first-order chi connectivity index (χ1) is 7.37. The van der Waals surface area contributed by atoms with Crippen LogP contribution in [0.15, 0.2) is 12.1 Å². The van der Waals surface area contributed by atoms with Crippen molar-refractivity contribution in [2.45, 2.75) is 6.92 Å². The van der Waals surface area contributed by atoms with Gasteiger partial charge in [-0.05, 0) is 18.6 Å². The van der Waals surface area contributed by atoms with E-state index in [9.17, 15) is 17.2 Å². The summed E-state index contributed by atoms with van der Waals surface area (Å²) in [5.74, 6) is -2.43. The molecule has 0 fully saturated rings. The van der Waals surface area contributed by atoms with Gasteiger partial charge in [-0.2, -0.15) is 0 Å². The van der Waals surface area contributed by atoms with Crippen molar-refractivity contribution in [2.75, 3.05) is 16.4 Å². The molecule has 1 N–H and O–H groups in total. The second-order valence-corrected chi connectivity index (χ2v) is 5.38. The van der Waals surface area contributed by atoms with Crippen LogP contribution < -0.4 is 4.72 Å². The van der Waals surface area contributed by atoms with Crippen LogP contribution in [0.3, 0.4) is 0 Å². The molecule has 0 saturated carbocycles. The predicted molar refractivity (Wildman–Crippen MR) is 59.2 cm³/mol. The Hall–Kier alpha value is -0.880. The van der Waals surface area contributed by atoms with Gasteiger partial charge < -0.3 is 0 Å². The Morgan fingerprint density at radius 1 is 1.38 bits per heavy atom. The summed E-state index contributed by atoms with van der Waals surface area (Å²) in [4.78, 5) is 0. The molecule has 1 aromatic rings. The van der Waals surface area contributed by atoms with Crippen LogP contribution in [0.4, 0.5) is 14.5 Å². The van der Waals surface area contributed by atoms with E-state index < -0.39 is 33.1 Å². The summed E-state index contributed by atoms with van der Waals surface area (Å²) < 4.78 is 51.0. The van der Waals surface area contributed by atoms with Gasteiger partial charge >= 0.3 is 0 Å². The SMILES string of the molecule is Cc1ccc(F)c(NS(=O)(=O)CCCl)c1F. The zero-order valence-electron chi connectivity index (χ0n) is 8.43. The average molecular weight is 270 g/mol. The lowest BCUT2D eigenvalue weighted by atomic mass is 10.2. The van der Waals surface area contributed by atoms with Crippen molar-refractivity contribution in [3.63, 3.8) is 0 Å². The molecule has 90 valence electrons. The maximum Gasteiger partial charge on any atom is 0.234 e. The summed E-state index contributed by atoms with van der Waals surface area (Å²) >= 11 is 5.26. The highest BCUT2D eigenvalue weighted by atomic mass is 35.5. The first kappa shape index (κ1) is 13.2. The molecule has 0 aliphatic heterocycles. The van der Waals surface area contributed by atoms with Crippen molar-refractivity contribution in [3.05, 3.63) is 29.3 Å². The second-order valence-electron chi connectivity index (χ2n) is 3.16. The number of rotatable bonds is 4. The molecule has 0 atom stereocenters. The molecule has 0 aromatic heterocycles. The Kier molecular flexibility index (Phi) is 4.09. The lowest BCUT2D eigenvalue weighted by molar-refractivity contribution is 0.579. The summed E-state index contributed by atoms with van der Waals surface area (Å²) in [5.41, 5.74) is -0.505. The third-order valence-electron chi connectivity index (χ3n) is 1.89. The van der Waals surface area contributed by atoms with E-state index in [0.29, 0.717) is 0 Å². The molecular formula is C9H10ClF2NO2S. The highest BCUT2D eigenvalue weighted by Gasteiger charge is 2.17. The fraction of sp³-hybridized carbons (Fsp3) is 0.333. The standard InChI is InChI=1S/C9H10ClF2NO2S/c1-6-2-3-7(11)9(8(6)12)13-16(14,15)5-4-10/h2-3,13H,4-5H2,1H3. The van der Waals surface area contributed by atoms with Gasteiger partial charge in [-0.1, -0.05) is 6.07 Å². The van der Waals surface area contributed by atoms with Gasteiger partial charge in [-0.25, -0.2) is 17.2 Å². The lowest BCUT2D eigenvalue weighted by Gasteiger charge is -2.10. The van der Waals surface area contributed by atoms with E-state index in [4.69, 9.17) is 11.6 Å². The van der Waals surface area contributed by atoms with Crippen molar-refractivity contribution < 1.29 is 17.2 Å². The minimum Gasteiger partial charge on any atom is -0.278 e. The molecule has 0 unspecified atom stereocenters. The van der Waals surface area contributed by atoms with Crippen LogP contribution in [0, 0.1) is 18.6 Å². The maximum absolute atomic E-state index is 13.4. The third kappa shape index (κ3) is 3.05. The van der Waals surface area contributed by atoms with Gasteiger partial charge in [-0.15, -0.1) is 11.6 Å². The Balaban J connectivity index is 3.11. The fourth-order valence-corrected chi connectivity index (χ4v) is 2.47. The molecule has 0 heterocycles. The molecule has 0 bridgehead atoms. The third-order valence-corrected chi connectivity index (χ3v) is 3.56. The zero-order valence-corrected chi connectivity index (χ0v) is 10.00. The predicted octanol–water partition coefficient (Wildman–Crippen LogP) is 2.25. The maximum atomic E-state index is 13.4. The van der Waals surface area contributed by atoms with Crippen LogP contribution in [-0.2, 0) is 10.0 Å². The number of halogens is 3. The van der Waals surface area contributed by atoms with Gasteiger partial charge in [0.25, 0.3) is 0 Å². The van der Waals surface area contributed by atoms with Gasteiger partial charge in [-0.3, -0.25) is 4.72 Å². The molecule has 0 radical (unpaired) electrons. The van der Waals surface area contributed by atoms with Crippen molar-refractivity contribution in [2.24, 2.45) is 0 Å². The summed E-state index contributed by atoms with van der Waals surface area (Å²) in [5, 5.41) is 0. The number of nitrogens with one attached hydrogen (secondary N) is 1. The number of hydrogen-bond donors (Lipinski definition) is 1. The van der Waals surface area contributed by atoms with E-state index in [1.54, 1.807) is 0 Å². The molecule has 0 spiro atoms. The van der Waals surface area contributed by atoms with Crippen LogP contribution in [0.2, 0.25) is 0 Å². The Morgan fingerprint density at radius 3 is 2.56 bits per heavy atom. The van der Waals surface area contributed by atoms with Gasteiger partial charge in [0, 0.05) is 5.88 Å². The molecule has 0 saturated heterocycles.